The summed E-state index contributed by atoms with van der Waals surface area (Å²) in [6.07, 6.45) is 1.94. The number of hydrogen-bond donors (Lipinski definition) is 2. The van der Waals surface area contributed by atoms with Gasteiger partial charge in [-0.05, 0) is 36.4 Å². The Balaban J connectivity index is 1.84. The monoisotopic (exact) mass is 442 g/mol. The van der Waals surface area contributed by atoms with Crippen LogP contribution in [0.25, 0.3) is 0 Å². The first-order valence-corrected chi connectivity index (χ1v) is 11.2. The van der Waals surface area contributed by atoms with Crippen molar-refractivity contribution in [3.05, 3.63) is 70.9 Å². The van der Waals surface area contributed by atoms with E-state index in [0.29, 0.717) is 47.3 Å². The van der Waals surface area contributed by atoms with Crippen LogP contribution in [0.4, 0.5) is 4.79 Å². The molecule has 7 nitrogen and oxygen atoms in total. The second-order valence-electron chi connectivity index (χ2n) is 6.88. The van der Waals surface area contributed by atoms with Gasteiger partial charge in [0.25, 0.3) is 0 Å². The van der Waals surface area contributed by atoms with E-state index < -0.39 is 12.0 Å². The Labute approximate surface area is 186 Å². The van der Waals surface area contributed by atoms with Crippen LogP contribution in [0.3, 0.4) is 0 Å². The summed E-state index contributed by atoms with van der Waals surface area (Å²) in [5.41, 5.74) is 2.55. The molecule has 0 bridgehead atoms. The number of allylic oxidation sites excluding steroid dienone is 1. The zero-order valence-electron chi connectivity index (χ0n) is 17.8. The van der Waals surface area contributed by atoms with Crippen molar-refractivity contribution in [3.63, 3.8) is 0 Å². The van der Waals surface area contributed by atoms with E-state index in [4.69, 9.17) is 14.2 Å². The molecule has 2 aromatic rings. The van der Waals surface area contributed by atoms with Crippen molar-refractivity contribution >= 4 is 23.8 Å². The van der Waals surface area contributed by atoms with E-state index in [9.17, 15) is 9.59 Å². The molecule has 0 saturated carbocycles. The van der Waals surface area contributed by atoms with Gasteiger partial charge in [0, 0.05) is 11.4 Å². The molecule has 31 heavy (non-hydrogen) atoms. The van der Waals surface area contributed by atoms with Crippen LogP contribution in [0.5, 0.6) is 11.5 Å². The Bertz CT molecular complexity index is 962. The first-order chi connectivity index (χ1) is 15.0. The molecule has 0 radical (unpaired) electrons. The molecular formula is C23H26N2O5S. The summed E-state index contributed by atoms with van der Waals surface area (Å²) >= 11 is 1.59. The molecule has 2 aromatic carbocycles. The predicted octanol–water partition coefficient (Wildman–Crippen LogP) is 3.81. The number of thioether (sulfide) groups is 1. The molecule has 2 amide bonds. The molecule has 0 fully saturated rings. The number of methoxy groups -OCH3 is 1. The predicted molar refractivity (Wildman–Crippen MR) is 120 cm³/mol. The van der Waals surface area contributed by atoms with Gasteiger partial charge in [0.05, 0.1) is 18.7 Å². The van der Waals surface area contributed by atoms with Crippen molar-refractivity contribution in [2.45, 2.75) is 19.6 Å². The normalized spacial score (nSPS) is 15.7. The molecule has 3 rings (SSSR count). The Hall–Kier alpha value is -3.13. The lowest BCUT2D eigenvalue weighted by Gasteiger charge is -2.28. The fraction of sp³-hybridized carbons (Fsp3) is 0.304. The van der Waals surface area contributed by atoms with Crippen LogP contribution in [-0.4, -0.2) is 37.7 Å². The molecule has 1 aliphatic rings. The largest absolute Gasteiger partial charge is 0.493 e. The second kappa shape index (κ2) is 10.8. The van der Waals surface area contributed by atoms with Gasteiger partial charge in [0.15, 0.2) is 11.5 Å². The van der Waals surface area contributed by atoms with Gasteiger partial charge in [-0.15, -0.1) is 0 Å². The van der Waals surface area contributed by atoms with E-state index in [1.165, 1.54) is 0 Å². The fourth-order valence-corrected chi connectivity index (χ4v) is 3.48. The number of carbonyl (C=O) groups is 2. The van der Waals surface area contributed by atoms with Gasteiger partial charge in [0.1, 0.15) is 13.2 Å². The molecule has 0 aromatic heterocycles. The third-order valence-corrected chi connectivity index (χ3v) is 5.34. The number of esters is 1. The molecule has 0 saturated heterocycles. The first kappa shape index (κ1) is 22.6. The van der Waals surface area contributed by atoms with Crippen LogP contribution in [0, 0.1) is 0 Å². The van der Waals surface area contributed by atoms with Crippen LogP contribution >= 0.6 is 11.8 Å². The summed E-state index contributed by atoms with van der Waals surface area (Å²) in [6.45, 7) is 2.38. The third-order valence-electron chi connectivity index (χ3n) is 4.77. The Morgan fingerprint density at radius 1 is 1.13 bits per heavy atom. The minimum Gasteiger partial charge on any atom is -0.493 e. The molecule has 1 atom stereocenters. The molecule has 1 heterocycles. The van der Waals surface area contributed by atoms with Crippen LogP contribution < -0.4 is 20.1 Å². The molecule has 2 N–H and O–H groups in total. The molecule has 1 unspecified atom stereocenters. The zero-order chi connectivity index (χ0) is 22.2. The van der Waals surface area contributed by atoms with Gasteiger partial charge < -0.3 is 24.8 Å². The van der Waals surface area contributed by atoms with Crippen molar-refractivity contribution in [2.24, 2.45) is 0 Å². The number of benzene rings is 2. The Morgan fingerprint density at radius 3 is 2.61 bits per heavy atom. The lowest BCUT2D eigenvalue weighted by Crippen LogP contribution is -2.45. The number of urea groups is 1. The first-order valence-electron chi connectivity index (χ1n) is 9.82. The zero-order valence-corrected chi connectivity index (χ0v) is 18.6. The van der Waals surface area contributed by atoms with Crippen molar-refractivity contribution in [1.29, 1.82) is 0 Å². The highest BCUT2D eigenvalue weighted by Gasteiger charge is 2.32. The average Bonchev–Trinajstić information content (AvgIpc) is 2.77. The minimum absolute atomic E-state index is 0.299. The minimum atomic E-state index is -0.660. The second-order valence-corrected chi connectivity index (χ2v) is 7.87. The van der Waals surface area contributed by atoms with Crippen molar-refractivity contribution in [2.75, 3.05) is 25.7 Å². The van der Waals surface area contributed by atoms with Crippen LogP contribution in [0.2, 0.25) is 0 Å². The number of ether oxygens (including phenoxy) is 3. The van der Waals surface area contributed by atoms with Crippen LogP contribution in [0.15, 0.2) is 59.8 Å². The summed E-state index contributed by atoms with van der Waals surface area (Å²) in [6, 6.07) is 14.1. The maximum Gasteiger partial charge on any atom is 0.338 e. The third kappa shape index (κ3) is 5.73. The molecule has 1 aliphatic heterocycles. The highest BCUT2D eigenvalue weighted by Crippen LogP contribution is 2.35. The summed E-state index contributed by atoms with van der Waals surface area (Å²) in [5.74, 6) is 1.31. The number of hydrogen-bond acceptors (Lipinski definition) is 6. The highest BCUT2D eigenvalue weighted by molar-refractivity contribution is 7.98. The van der Waals surface area contributed by atoms with E-state index in [1.807, 2.05) is 42.7 Å². The number of rotatable bonds is 9. The van der Waals surface area contributed by atoms with Gasteiger partial charge in [-0.2, -0.15) is 11.8 Å². The van der Waals surface area contributed by atoms with E-state index >= 15 is 0 Å². The molecule has 164 valence electrons. The van der Waals surface area contributed by atoms with Gasteiger partial charge in [-0.25, -0.2) is 9.59 Å². The molecule has 0 spiro atoms. The topological polar surface area (TPSA) is 85.9 Å². The van der Waals surface area contributed by atoms with Crippen LogP contribution in [0.1, 0.15) is 24.1 Å². The van der Waals surface area contributed by atoms with E-state index in [0.717, 1.165) is 5.56 Å². The maximum absolute atomic E-state index is 12.7. The van der Waals surface area contributed by atoms with Gasteiger partial charge >= 0.3 is 12.0 Å². The Kier molecular flexibility index (Phi) is 7.83. The van der Waals surface area contributed by atoms with Crippen molar-refractivity contribution < 1.29 is 23.8 Å². The SMILES string of the molecule is COc1cc(C2NC(=O)NC(C)=C2C(=O)OCCSC)ccc1OCc1ccccc1. The molecular weight excluding hydrogens is 416 g/mol. The van der Waals surface area contributed by atoms with Crippen molar-refractivity contribution in [1.82, 2.24) is 10.6 Å². The molecule has 8 heteroatoms. The lowest BCUT2D eigenvalue weighted by molar-refractivity contribution is -0.138. The quantitative estimate of drug-likeness (QED) is 0.454. The highest BCUT2D eigenvalue weighted by atomic mass is 32.2. The lowest BCUT2D eigenvalue weighted by atomic mass is 9.95. The summed E-state index contributed by atoms with van der Waals surface area (Å²) in [5, 5.41) is 5.45. The van der Waals surface area contributed by atoms with Crippen LogP contribution in [-0.2, 0) is 16.1 Å². The Morgan fingerprint density at radius 2 is 1.90 bits per heavy atom. The number of nitrogens with one attached hydrogen (secondary N) is 2. The number of amides is 2. The summed E-state index contributed by atoms with van der Waals surface area (Å²) in [4.78, 5) is 24.8. The van der Waals surface area contributed by atoms with E-state index in [2.05, 4.69) is 10.6 Å². The van der Waals surface area contributed by atoms with Gasteiger partial charge in [-0.1, -0.05) is 36.4 Å². The smallest absolute Gasteiger partial charge is 0.338 e. The summed E-state index contributed by atoms with van der Waals surface area (Å²) < 4.78 is 16.8. The fourth-order valence-electron chi connectivity index (χ4n) is 3.23. The number of carbonyl (C=O) groups excluding carboxylic acids is 2. The maximum atomic E-state index is 12.7. The summed E-state index contributed by atoms with van der Waals surface area (Å²) in [7, 11) is 1.55. The van der Waals surface area contributed by atoms with E-state index in [1.54, 1.807) is 37.9 Å². The average molecular weight is 443 g/mol. The van der Waals surface area contributed by atoms with Crippen molar-refractivity contribution in [3.8, 4) is 11.5 Å². The van der Waals surface area contributed by atoms with E-state index in [-0.39, 0.29) is 6.03 Å². The molecule has 0 aliphatic carbocycles. The van der Waals surface area contributed by atoms with Gasteiger partial charge in [0.2, 0.25) is 0 Å². The standard InChI is InChI=1S/C23H26N2O5S/c1-15-20(22(26)29-11-12-31-3)21(25-23(27)24-15)17-9-10-18(19(13-17)28-2)30-14-16-7-5-4-6-8-16/h4-10,13,21H,11-12,14H2,1-3H3,(H2,24,25,27). The van der Waals surface area contributed by atoms with Gasteiger partial charge in [-0.3, -0.25) is 0 Å².